The van der Waals surface area contributed by atoms with Gasteiger partial charge in [0.2, 0.25) is 0 Å². The summed E-state index contributed by atoms with van der Waals surface area (Å²) < 4.78 is 0. The summed E-state index contributed by atoms with van der Waals surface area (Å²) in [7, 11) is 2.01. The number of amides is 3. The number of aliphatic imine (C=N–C) groups is 1. The predicted octanol–water partition coefficient (Wildman–Crippen LogP) is 4.53. The molecule has 0 saturated heterocycles. The number of hydrogen-bond acceptors (Lipinski definition) is 4. The predicted molar refractivity (Wildman–Crippen MR) is 132 cm³/mol. The van der Waals surface area contributed by atoms with Gasteiger partial charge in [-0.15, -0.1) is 0 Å². The summed E-state index contributed by atoms with van der Waals surface area (Å²) in [5.74, 6) is 0.589. The minimum atomic E-state index is -0.886. The maximum absolute atomic E-state index is 13.1. The molecule has 7 nitrogen and oxygen atoms in total. The zero-order valence-electron chi connectivity index (χ0n) is 18.1. The van der Waals surface area contributed by atoms with Crippen LogP contribution in [0.5, 0.6) is 0 Å². The summed E-state index contributed by atoms with van der Waals surface area (Å²) in [6.45, 7) is 1.68. The highest BCUT2D eigenvalue weighted by molar-refractivity contribution is 6.30. The molecule has 0 unspecified atom stereocenters. The fourth-order valence-electron chi connectivity index (χ4n) is 3.54. The Morgan fingerprint density at radius 2 is 1.55 bits per heavy atom. The number of anilines is 2. The van der Waals surface area contributed by atoms with Gasteiger partial charge in [0.25, 0.3) is 5.91 Å². The normalized spacial score (nSPS) is 13.8. The minimum Gasteiger partial charge on any atom is -0.358 e. The van der Waals surface area contributed by atoms with Crippen LogP contribution in [0, 0.1) is 0 Å². The van der Waals surface area contributed by atoms with Crippen molar-refractivity contribution < 1.29 is 9.59 Å². The van der Waals surface area contributed by atoms with Crippen molar-refractivity contribution >= 4 is 40.7 Å². The highest BCUT2D eigenvalue weighted by atomic mass is 35.5. The topological polar surface area (TPSA) is 85.8 Å². The van der Waals surface area contributed by atoms with Gasteiger partial charge in [0, 0.05) is 35.6 Å². The molecule has 0 saturated carbocycles. The van der Waals surface area contributed by atoms with Crippen molar-refractivity contribution in [2.45, 2.75) is 6.04 Å². The number of amidine groups is 1. The quantitative estimate of drug-likeness (QED) is 0.504. The Bertz CT molecular complexity index is 1150. The van der Waals surface area contributed by atoms with E-state index >= 15 is 0 Å². The molecule has 168 valence electrons. The zero-order chi connectivity index (χ0) is 23.2. The molecular weight excluding hydrogens is 438 g/mol. The van der Waals surface area contributed by atoms with Crippen molar-refractivity contribution in [3.8, 4) is 0 Å². The standard InChI is InChI=1S/C25H24ClN5O2/c1-31-16-15-27-23(31)18-7-11-20(12-8-18)28-24(32)22(17-5-3-2-4-6-17)30-25(33)29-21-13-9-19(26)10-14-21/h2-14,22H,15-16H2,1H3,(H,28,32)(H2,29,30,33)/t22-/m1/s1. The number of carbonyl (C=O) groups excluding carboxylic acids is 2. The van der Waals surface area contributed by atoms with Gasteiger partial charge in [-0.1, -0.05) is 41.9 Å². The highest BCUT2D eigenvalue weighted by Crippen LogP contribution is 2.19. The van der Waals surface area contributed by atoms with E-state index < -0.39 is 12.1 Å². The molecule has 0 aromatic heterocycles. The molecule has 0 radical (unpaired) electrons. The number of carbonyl (C=O) groups is 2. The number of likely N-dealkylation sites (N-methyl/N-ethyl adjacent to an activating group) is 1. The second kappa shape index (κ2) is 10.2. The summed E-state index contributed by atoms with van der Waals surface area (Å²) >= 11 is 5.89. The molecule has 8 heteroatoms. The van der Waals surface area contributed by atoms with Crippen LogP contribution in [0.1, 0.15) is 17.2 Å². The van der Waals surface area contributed by atoms with E-state index in [-0.39, 0.29) is 5.91 Å². The van der Waals surface area contributed by atoms with E-state index in [1.54, 1.807) is 36.4 Å². The van der Waals surface area contributed by atoms with Gasteiger partial charge in [-0.2, -0.15) is 0 Å². The fraction of sp³-hybridized carbons (Fsp3) is 0.160. The molecule has 3 N–H and O–H groups in total. The van der Waals surface area contributed by atoms with Gasteiger partial charge in [0.1, 0.15) is 11.9 Å². The third kappa shape index (κ3) is 5.70. The van der Waals surface area contributed by atoms with E-state index in [0.717, 1.165) is 24.5 Å². The van der Waals surface area contributed by atoms with Crippen LogP contribution < -0.4 is 16.0 Å². The van der Waals surface area contributed by atoms with Gasteiger partial charge in [0.15, 0.2) is 0 Å². The number of nitrogens with zero attached hydrogens (tertiary/aromatic N) is 2. The molecule has 0 fully saturated rings. The second-order valence-electron chi connectivity index (χ2n) is 7.64. The van der Waals surface area contributed by atoms with Gasteiger partial charge in [0.05, 0.1) is 6.54 Å². The van der Waals surface area contributed by atoms with Gasteiger partial charge >= 0.3 is 6.03 Å². The fourth-order valence-corrected chi connectivity index (χ4v) is 3.66. The first kappa shape index (κ1) is 22.4. The van der Waals surface area contributed by atoms with Gasteiger partial charge in [-0.25, -0.2) is 4.79 Å². The van der Waals surface area contributed by atoms with Crippen LogP contribution in [0.15, 0.2) is 83.9 Å². The van der Waals surface area contributed by atoms with Crippen molar-refractivity contribution in [3.05, 3.63) is 95.0 Å². The van der Waals surface area contributed by atoms with E-state index in [0.29, 0.717) is 22.0 Å². The van der Waals surface area contributed by atoms with Crippen LogP contribution in [-0.2, 0) is 4.79 Å². The summed E-state index contributed by atoms with van der Waals surface area (Å²) in [4.78, 5) is 32.4. The Balaban J connectivity index is 1.47. The van der Waals surface area contributed by atoms with Crippen molar-refractivity contribution in [1.29, 1.82) is 0 Å². The molecule has 33 heavy (non-hydrogen) atoms. The molecular formula is C25H24ClN5O2. The van der Waals surface area contributed by atoms with E-state index in [1.165, 1.54) is 0 Å². The minimum absolute atomic E-state index is 0.351. The molecule has 1 atom stereocenters. The smallest absolute Gasteiger partial charge is 0.320 e. The van der Waals surface area contributed by atoms with Crippen LogP contribution in [-0.4, -0.2) is 42.8 Å². The third-order valence-electron chi connectivity index (χ3n) is 5.24. The molecule has 0 spiro atoms. The highest BCUT2D eigenvalue weighted by Gasteiger charge is 2.23. The Labute approximate surface area is 197 Å². The van der Waals surface area contributed by atoms with E-state index in [9.17, 15) is 9.59 Å². The summed E-state index contributed by atoms with van der Waals surface area (Å²) in [5, 5.41) is 8.95. The summed E-state index contributed by atoms with van der Waals surface area (Å²) in [5.41, 5.74) is 2.86. The molecule has 1 aliphatic heterocycles. The van der Waals surface area contributed by atoms with E-state index in [2.05, 4.69) is 25.8 Å². The van der Waals surface area contributed by atoms with Crippen LogP contribution in [0.25, 0.3) is 0 Å². The van der Waals surface area contributed by atoms with Gasteiger partial charge in [-0.3, -0.25) is 9.79 Å². The molecule has 4 rings (SSSR count). The number of hydrogen-bond donors (Lipinski definition) is 3. The average molecular weight is 462 g/mol. The van der Waals surface area contributed by atoms with E-state index in [4.69, 9.17) is 11.6 Å². The van der Waals surface area contributed by atoms with E-state index in [1.807, 2.05) is 49.5 Å². The lowest BCUT2D eigenvalue weighted by atomic mass is 10.1. The second-order valence-corrected chi connectivity index (χ2v) is 8.08. The SMILES string of the molecule is CN1CCN=C1c1ccc(NC(=O)[C@H](NC(=O)Nc2ccc(Cl)cc2)c2ccccc2)cc1. The molecule has 0 aliphatic carbocycles. The molecule has 3 amide bonds. The molecule has 3 aromatic carbocycles. The number of urea groups is 1. The number of nitrogens with one attached hydrogen (secondary N) is 3. The van der Waals surface area contributed by atoms with Gasteiger partial charge in [-0.05, 0) is 54.1 Å². The third-order valence-corrected chi connectivity index (χ3v) is 5.49. The Morgan fingerprint density at radius 3 is 2.18 bits per heavy atom. The van der Waals surface area contributed by atoms with Crippen molar-refractivity contribution in [2.24, 2.45) is 4.99 Å². The molecule has 1 aliphatic rings. The first-order valence-electron chi connectivity index (χ1n) is 10.5. The Morgan fingerprint density at radius 1 is 0.909 bits per heavy atom. The van der Waals surface area contributed by atoms with Crippen molar-refractivity contribution in [3.63, 3.8) is 0 Å². The lowest BCUT2D eigenvalue weighted by Crippen LogP contribution is -2.39. The molecule has 1 heterocycles. The monoisotopic (exact) mass is 461 g/mol. The first-order chi connectivity index (χ1) is 16.0. The molecule has 3 aromatic rings. The molecule has 0 bridgehead atoms. The maximum atomic E-state index is 13.1. The van der Waals surface area contributed by atoms with Crippen LogP contribution in [0.2, 0.25) is 5.02 Å². The first-order valence-corrected chi connectivity index (χ1v) is 10.9. The van der Waals surface area contributed by atoms with Crippen LogP contribution in [0.4, 0.5) is 16.2 Å². The van der Waals surface area contributed by atoms with Crippen molar-refractivity contribution in [2.75, 3.05) is 30.8 Å². The lowest BCUT2D eigenvalue weighted by molar-refractivity contribution is -0.118. The van der Waals surface area contributed by atoms with Gasteiger partial charge < -0.3 is 20.9 Å². The number of halogens is 1. The lowest BCUT2D eigenvalue weighted by Gasteiger charge is -2.20. The summed E-state index contributed by atoms with van der Waals surface area (Å²) in [6.07, 6.45) is 0. The van der Waals surface area contributed by atoms with Crippen LogP contribution in [0.3, 0.4) is 0 Å². The Hall–Kier alpha value is -3.84. The maximum Gasteiger partial charge on any atom is 0.320 e. The number of rotatable bonds is 6. The Kier molecular flexibility index (Phi) is 6.90. The zero-order valence-corrected chi connectivity index (χ0v) is 18.8. The van der Waals surface area contributed by atoms with Crippen molar-refractivity contribution in [1.82, 2.24) is 10.2 Å². The average Bonchev–Trinajstić information content (AvgIpc) is 3.26. The van der Waals surface area contributed by atoms with Crippen LogP contribution >= 0.6 is 11.6 Å². The largest absolute Gasteiger partial charge is 0.358 e. The number of benzene rings is 3. The summed E-state index contributed by atoms with van der Waals surface area (Å²) in [6, 6.07) is 21.9.